The van der Waals surface area contributed by atoms with E-state index in [1.807, 2.05) is 5.38 Å². The van der Waals surface area contributed by atoms with Crippen molar-refractivity contribution < 1.29 is 4.79 Å². The van der Waals surface area contributed by atoms with Crippen molar-refractivity contribution in [2.45, 2.75) is 32.4 Å². The molecule has 1 aliphatic rings. The smallest absolute Gasteiger partial charge is 0.220 e. The largest absolute Gasteiger partial charge is 0.350 e. The van der Waals surface area contributed by atoms with Crippen LogP contribution in [-0.4, -0.2) is 60.0 Å². The van der Waals surface area contributed by atoms with Crippen LogP contribution in [0.2, 0.25) is 0 Å². The Kier molecular flexibility index (Phi) is 5.94. The number of piperazine rings is 1. The van der Waals surface area contributed by atoms with Crippen LogP contribution >= 0.6 is 11.3 Å². The number of nitrogens with one attached hydrogen (secondary N) is 1. The second kappa shape index (κ2) is 7.71. The molecule has 0 aliphatic carbocycles. The number of rotatable bonds is 6. The summed E-state index contributed by atoms with van der Waals surface area (Å²) in [5.74, 6) is 0.124. The van der Waals surface area contributed by atoms with Gasteiger partial charge in [-0.05, 0) is 20.4 Å². The van der Waals surface area contributed by atoms with Crippen molar-refractivity contribution in [3.63, 3.8) is 0 Å². The van der Waals surface area contributed by atoms with E-state index in [2.05, 4.69) is 34.1 Å². The SMILES string of the molecule is C[C@H](CCC(=O)NCc1cscn1)N1CCN(C)CC1. The first-order valence-electron chi connectivity index (χ1n) is 7.21. The molecule has 112 valence electrons. The van der Waals surface area contributed by atoms with Crippen LogP contribution in [0.15, 0.2) is 10.9 Å². The second-order valence-corrected chi connectivity index (χ2v) is 6.20. The molecule has 0 radical (unpaired) electrons. The van der Waals surface area contributed by atoms with Crippen LogP contribution in [0.25, 0.3) is 0 Å². The summed E-state index contributed by atoms with van der Waals surface area (Å²) in [6, 6.07) is 0.480. The van der Waals surface area contributed by atoms with Crippen molar-refractivity contribution in [1.29, 1.82) is 0 Å². The van der Waals surface area contributed by atoms with E-state index in [4.69, 9.17) is 0 Å². The molecule has 1 atom stereocenters. The summed E-state index contributed by atoms with van der Waals surface area (Å²) in [7, 11) is 2.16. The maximum atomic E-state index is 11.8. The maximum absolute atomic E-state index is 11.8. The molecule has 1 N–H and O–H groups in total. The van der Waals surface area contributed by atoms with Gasteiger partial charge in [-0.3, -0.25) is 9.69 Å². The highest BCUT2D eigenvalue weighted by Crippen LogP contribution is 2.10. The fourth-order valence-electron chi connectivity index (χ4n) is 2.39. The molecule has 1 aromatic heterocycles. The summed E-state index contributed by atoms with van der Waals surface area (Å²) >= 11 is 1.56. The summed E-state index contributed by atoms with van der Waals surface area (Å²) in [5.41, 5.74) is 2.73. The molecule has 2 rings (SSSR count). The molecular formula is C14H24N4OS. The van der Waals surface area contributed by atoms with Gasteiger partial charge in [0.2, 0.25) is 5.91 Å². The summed E-state index contributed by atoms with van der Waals surface area (Å²) in [4.78, 5) is 20.8. The fourth-order valence-corrected chi connectivity index (χ4v) is 2.95. The van der Waals surface area contributed by atoms with Gasteiger partial charge in [0.25, 0.3) is 0 Å². The van der Waals surface area contributed by atoms with Crippen LogP contribution in [0.4, 0.5) is 0 Å². The molecule has 2 heterocycles. The molecule has 1 aromatic rings. The first kappa shape index (κ1) is 15.4. The van der Waals surface area contributed by atoms with Gasteiger partial charge in [-0.15, -0.1) is 11.3 Å². The van der Waals surface area contributed by atoms with Crippen LogP contribution < -0.4 is 5.32 Å². The molecule has 1 fully saturated rings. The number of thiazole rings is 1. The summed E-state index contributed by atoms with van der Waals surface area (Å²) in [6.07, 6.45) is 1.52. The highest BCUT2D eigenvalue weighted by Gasteiger charge is 2.19. The molecule has 0 bridgehead atoms. The van der Waals surface area contributed by atoms with E-state index in [-0.39, 0.29) is 5.91 Å². The van der Waals surface area contributed by atoms with E-state index in [1.54, 1.807) is 16.8 Å². The molecule has 1 aliphatic heterocycles. The summed E-state index contributed by atoms with van der Waals surface area (Å²) in [5, 5.41) is 4.89. The number of hydrogen-bond donors (Lipinski definition) is 1. The third-order valence-electron chi connectivity index (χ3n) is 3.90. The van der Waals surface area contributed by atoms with Crippen LogP contribution in [0.1, 0.15) is 25.5 Å². The Morgan fingerprint density at radius 2 is 2.20 bits per heavy atom. The third kappa shape index (κ3) is 4.85. The Balaban J connectivity index is 1.62. The average Bonchev–Trinajstić information content (AvgIpc) is 2.96. The Bertz CT molecular complexity index is 401. The molecule has 20 heavy (non-hydrogen) atoms. The van der Waals surface area contributed by atoms with Gasteiger partial charge in [-0.25, -0.2) is 4.98 Å². The quantitative estimate of drug-likeness (QED) is 0.856. The molecule has 0 saturated carbocycles. The lowest BCUT2D eigenvalue weighted by Gasteiger charge is -2.36. The molecule has 0 unspecified atom stereocenters. The van der Waals surface area contributed by atoms with Gasteiger partial charge in [0, 0.05) is 44.0 Å². The van der Waals surface area contributed by atoms with Gasteiger partial charge >= 0.3 is 0 Å². The van der Waals surface area contributed by atoms with Gasteiger partial charge in [-0.2, -0.15) is 0 Å². The minimum absolute atomic E-state index is 0.124. The highest BCUT2D eigenvalue weighted by atomic mass is 32.1. The predicted octanol–water partition coefficient (Wildman–Crippen LogP) is 1.18. The number of hydrogen-bond acceptors (Lipinski definition) is 5. The zero-order valence-corrected chi connectivity index (χ0v) is 13.2. The van der Waals surface area contributed by atoms with Crippen LogP contribution in [0.5, 0.6) is 0 Å². The monoisotopic (exact) mass is 296 g/mol. The van der Waals surface area contributed by atoms with E-state index in [0.29, 0.717) is 19.0 Å². The lowest BCUT2D eigenvalue weighted by Crippen LogP contribution is -2.48. The first-order valence-corrected chi connectivity index (χ1v) is 8.16. The molecule has 1 saturated heterocycles. The lowest BCUT2D eigenvalue weighted by molar-refractivity contribution is -0.121. The molecule has 0 aromatic carbocycles. The minimum atomic E-state index is 0.124. The van der Waals surface area contributed by atoms with Gasteiger partial charge in [-0.1, -0.05) is 0 Å². The number of carbonyl (C=O) groups excluding carboxylic acids is 1. The van der Waals surface area contributed by atoms with Crippen molar-refractivity contribution in [2.24, 2.45) is 0 Å². The number of aromatic nitrogens is 1. The van der Waals surface area contributed by atoms with Crippen molar-refractivity contribution in [3.8, 4) is 0 Å². The van der Waals surface area contributed by atoms with Gasteiger partial charge in [0.05, 0.1) is 17.7 Å². The molecule has 5 nitrogen and oxygen atoms in total. The van der Waals surface area contributed by atoms with Crippen molar-refractivity contribution in [3.05, 3.63) is 16.6 Å². The highest BCUT2D eigenvalue weighted by molar-refractivity contribution is 7.07. The second-order valence-electron chi connectivity index (χ2n) is 5.48. The first-order chi connectivity index (χ1) is 9.65. The summed E-state index contributed by atoms with van der Waals surface area (Å²) in [6.45, 7) is 7.24. The summed E-state index contributed by atoms with van der Waals surface area (Å²) < 4.78 is 0. The molecule has 0 spiro atoms. The molecule has 6 heteroatoms. The standard InChI is InChI=1S/C14H24N4OS/c1-12(18-7-5-17(2)6-8-18)3-4-14(19)15-9-13-10-20-11-16-13/h10-12H,3-9H2,1-2H3,(H,15,19)/t12-/m1/s1. The van der Waals surface area contributed by atoms with Crippen molar-refractivity contribution in [1.82, 2.24) is 20.1 Å². The zero-order chi connectivity index (χ0) is 14.4. The van der Waals surface area contributed by atoms with E-state index in [9.17, 15) is 4.79 Å². The fraction of sp³-hybridized carbons (Fsp3) is 0.714. The van der Waals surface area contributed by atoms with Gasteiger partial charge in [0.1, 0.15) is 0 Å². The van der Waals surface area contributed by atoms with Gasteiger partial charge in [0.15, 0.2) is 0 Å². The van der Waals surface area contributed by atoms with Crippen molar-refractivity contribution in [2.75, 3.05) is 33.2 Å². The minimum Gasteiger partial charge on any atom is -0.350 e. The lowest BCUT2D eigenvalue weighted by atomic mass is 10.1. The molecule has 1 amide bonds. The Morgan fingerprint density at radius 3 is 2.85 bits per heavy atom. The third-order valence-corrected chi connectivity index (χ3v) is 4.54. The Hall–Kier alpha value is -0.980. The topological polar surface area (TPSA) is 48.5 Å². The van der Waals surface area contributed by atoms with Crippen LogP contribution in [0, 0.1) is 0 Å². The van der Waals surface area contributed by atoms with Crippen LogP contribution in [0.3, 0.4) is 0 Å². The van der Waals surface area contributed by atoms with E-state index >= 15 is 0 Å². The van der Waals surface area contributed by atoms with Crippen molar-refractivity contribution >= 4 is 17.2 Å². The predicted molar refractivity (Wildman–Crippen MR) is 81.7 cm³/mol. The molecular weight excluding hydrogens is 272 g/mol. The number of nitrogens with zero attached hydrogens (tertiary/aromatic N) is 3. The average molecular weight is 296 g/mol. The van der Waals surface area contributed by atoms with E-state index in [0.717, 1.165) is 38.3 Å². The number of amides is 1. The Labute approximate surface area is 125 Å². The van der Waals surface area contributed by atoms with E-state index < -0.39 is 0 Å². The van der Waals surface area contributed by atoms with E-state index in [1.165, 1.54) is 0 Å². The van der Waals surface area contributed by atoms with Crippen LogP contribution in [-0.2, 0) is 11.3 Å². The maximum Gasteiger partial charge on any atom is 0.220 e. The Morgan fingerprint density at radius 1 is 1.45 bits per heavy atom. The normalized spacial score (nSPS) is 18.9. The number of likely N-dealkylation sites (N-methyl/N-ethyl adjacent to an activating group) is 1. The zero-order valence-electron chi connectivity index (χ0n) is 12.3. The number of carbonyl (C=O) groups is 1. The van der Waals surface area contributed by atoms with Gasteiger partial charge < -0.3 is 10.2 Å².